The summed E-state index contributed by atoms with van der Waals surface area (Å²) in [5.41, 5.74) is 28.9. The monoisotopic (exact) mass is 1210 g/mol. The van der Waals surface area contributed by atoms with E-state index in [-0.39, 0.29) is 64.5 Å². The van der Waals surface area contributed by atoms with Crippen LogP contribution in [0, 0.1) is 0 Å². The average Bonchev–Trinajstić information content (AvgIpc) is 4.33. The molecule has 33 nitrogen and oxygen atoms in total. The number of aliphatic carboxylic acids is 2. The van der Waals surface area contributed by atoms with Crippen molar-refractivity contribution in [2.75, 3.05) is 178 Å². The molecule has 37 heteroatoms. The van der Waals surface area contributed by atoms with Gasteiger partial charge in [-0.3, -0.25) is 28.8 Å². The molecule has 2 aliphatic rings. The predicted molar refractivity (Wildman–Crippen MR) is 296 cm³/mol. The number of carboxylic acid groups (broad SMARTS) is 2. The standard InChI is InChI=1S/C12H21N5O7.C12H23N5O5.C10H18N4O6.2C3H6.C2H7N.P2S2/c13-17-16-2-4-23-6-5-22-3-1-14-10(18)8-24-9-11(19)15-7-12(20)21;1-2-14-11(18)9-22-10-12(19)15-3-5-20-7-8-21-6-4-16-17-13;11-14-13-2-4-19-6-5-18-3-1-12-9(15)7-20-8-10(16)17;2*1-2-3-1;1-2-3;3-1-2-4/h1-9H2,(H,14,18)(H,15,19)(H,20,21);2-10H2,1H3,(H,14,18)(H,15,19);1-8H2,(H,12,15)(H,16,17);2*1-3H2;2-3H2,1H3;. The number of hydrogen-bond donors (Lipinski definition) is 8. The molecule has 2 rings (SSSR count). The van der Waals surface area contributed by atoms with Gasteiger partial charge in [0.2, 0.25) is 29.5 Å². The van der Waals surface area contributed by atoms with E-state index in [1.54, 1.807) is 6.92 Å². The van der Waals surface area contributed by atoms with Crippen LogP contribution in [0.15, 0.2) is 15.3 Å². The van der Waals surface area contributed by atoms with E-state index in [9.17, 15) is 33.6 Å². The lowest BCUT2D eigenvalue weighted by Crippen LogP contribution is -2.35. The zero-order valence-electron chi connectivity index (χ0n) is 45.1. The molecule has 5 amide bonds. The van der Waals surface area contributed by atoms with Crippen LogP contribution in [0.5, 0.6) is 0 Å². The van der Waals surface area contributed by atoms with Crippen molar-refractivity contribution >= 4 is 79.2 Å². The Hall–Kier alpha value is -5.14. The van der Waals surface area contributed by atoms with Crippen molar-refractivity contribution < 1.29 is 86.4 Å². The quantitative estimate of drug-likeness (QED) is 0.0142. The predicted octanol–water partition coefficient (Wildman–Crippen LogP) is 1.83. The summed E-state index contributed by atoms with van der Waals surface area (Å²) in [6.45, 7) is 8.59. The highest BCUT2D eigenvalue weighted by Crippen LogP contribution is 2.15. The van der Waals surface area contributed by atoms with Gasteiger partial charge in [-0.1, -0.05) is 60.8 Å². The lowest BCUT2D eigenvalue weighted by molar-refractivity contribution is -0.144. The molecule has 0 heterocycles. The van der Waals surface area contributed by atoms with Crippen molar-refractivity contribution in [1.82, 2.24) is 26.6 Å². The van der Waals surface area contributed by atoms with Crippen molar-refractivity contribution in [3.8, 4) is 0 Å². The summed E-state index contributed by atoms with van der Waals surface area (Å²) in [6, 6.07) is 0. The van der Waals surface area contributed by atoms with Crippen LogP contribution in [0.3, 0.4) is 0 Å². The summed E-state index contributed by atoms with van der Waals surface area (Å²) in [4.78, 5) is 84.0. The van der Waals surface area contributed by atoms with Gasteiger partial charge >= 0.3 is 11.9 Å². The van der Waals surface area contributed by atoms with Gasteiger partial charge in [-0.15, -0.1) is 0 Å². The first kappa shape index (κ1) is 82.7. The smallest absolute Gasteiger partial charge is 0.329 e. The largest absolute Gasteiger partial charge is 0.480 e. The van der Waals surface area contributed by atoms with Gasteiger partial charge in [0.15, 0.2) is 0 Å². The molecule has 9 N–H and O–H groups in total. The number of nitrogens with zero attached hydrogens (tertiary/aromatic N) is 9. The summed E-state index contributed by atoms with van der Waals surface area (Å²) in [5, 5.41) is 38.8. The molecule has 0 aliphatic heterocycles. The Kier molecular flexibility index (Phi) is 78.4. The lowest BCUT2D eigenvalue weighted by Gasteiger charge is -2.07. The van der Waals surface area contributed by atoms with Crippen LogP contribution in [-0.4, -0.2) is 230 Å². The maximum absolute atomic E-state index is 11.3. The minimum Gasteiger partial charge on any atom is -0.480 e. The summed E-state index contributed by atoms with van der Waals surface area (Å²) < 4.78 is 45.2. The second-order valence-electron chi connectivity index (χ2n) is 14.3. The Morgan fingerprint density at radius 1 is 0.443 bits per heavy atom. The molecular weight excluding hydrogens is 1130 g/mol. The maximum Gasteiger partial charge on any atom is 0.329 e. The number of azide groups is 3. The fourth-order valence-corrected chi connectivity index (χ4v) is 3.53. The highest BCUT2D eigenvalue weighted by atomic mass is 32.7. The minimum atomic E-state index is -1.16. The van der Waals surface area contributed by atoms with Crippen molar-refractivity contribution in [2.45, 2.75) is 52.4 Å². The number of hydrogen-bond acceptors (Lipinski definition) is 22. The first-order valence-electron chi connectivity index (χ1n) is 24.6. The van der Waals surface area contributed by atoms with Gasteiger partial charge in [-0.2, -0.15) is 0 Å². The highest BCUT2D eigenvalue weighted by Gasteiger charge is 2.07. The van der Waals surface area contributed by atoms with Gasteiger partial charge in [0, 0.05) is 74.6 Å². The maximum atomic E-state index is 11.3. The van der Waals surface area contributed by atoms with E-state index in [0.29, 0.717) is 98.9 Å². The third-order valence-electron chi connectivity index (χ3n) is 6.96. The molecule has 0 aromatic heterocycles. The Morgan fingerprint density at radius 2 is 0.709 bits per heavy atom. The van der Waals surface area contributed by atoms with Crippen LogP contribution < -0.4 is 32.3 Å². The van der Waals surface area contributed by atoms with Gasteiger partial charge in [-0.25, -0.2) is 4.79 Å². The third-order valence-corrected chi connectivity index (χ3v) is 9.63. The Bertz CT molecular complexity index is 1690. The van der Waals surface area contributed by atoms with E-state index in [1.165, 1.54) is 38.5 Å². The zero-order chi connectivity index (χ0) is 59.9. The van der Waals surface area contributed by atoms with Gasteiger partial charge in [0.05, 0.1) is 79.3 Å². The van der Waals surface area contributed by atoms with Gasteiger partial charge in [0.1, 0.15) is 46.2 Å². The van der Waals surface area contributed by atoms with E-state index in [0.717, 1.165) is 20.6 Å². The molecule has 0 bridgehead atoms. The molecule has 454 valence electrons. The second-order valence-corrected chi connectivity index (χ2v) is 18.5. The number of nitrogens with two attached hydrogens (primary N) is 1. The lowest BCUT2D eigenvalue weighted by atomic mass is 10.5. The van der Waals surface area contributed by atoms with Crippen LogP contribution in [0.1, 0.15) is 52.4 Å². The van der Waals surface area contributed by atoms with E-state index in [4.69, 9.17) is 70.4 Å². The Balaban J connectivity index is -0.000000309. The molecule has 0 spiro atoms. The topological polar surface area (TPSA) is 475 Å². The van der Waals surface area contributed by atoms with Crippen LogP contribution in [-0.2, 0) is 99.8 Å². The molecule has 0 aromatic carbocycles. The number of likely N-dealkylation sites (N-methyl/N-ethyl adjacent to an activating group) is 1. The van der Waals surface area contributed by atoms with Gasteiger partial charge < -0.3 is 85.2 Å². The van der Waals surface area contributed by atoms with Crippen molar-refractivity contribution in [3.63, 3.8) is 0 Å². The van der Waals surface area contributed by atoms with E-state index in [2.05, 4.69) is 85.0 Å². The first-order valence-corrected chi connectivity index (χ1v) is 29.1. The zero-order valence-corrected chi connectivity index (χ0v) is 48.5. The van der Waals surface area contributed by atoms with Crippen molar-refractivity contribution in [2.24, 2.45) is 21.1 Å². The van der Waals surface area contributed by atoms with Crippen LogP contribution in [0.25, 0.3) is 31.3 Å². The normalized spacial score (nSPS) is 10.7. The third kappa shape index (κ3) is 102. The summed E-state index contributed by atoms with van der Waals surface area (Å²) in [5.74, 6) is -4.29. The highest BCUT2D eigenvalue weighted by molar-refractivity contribution is 8.40. The SMILES string of the molecule is C1CC1.C1CC1.CCN.CCNC(=O)COCC(=O)NCCOCCOCCN=[N+]=[N-].S=PP=S.[N-]=[N+]=NCCOCCOCCNC(=O)COCC(=O)NCC(=O)O.[N-]=[N+]=NCCOCCOCCNC(=O)COCC(=O)O. The molecule has 2 fully saturated rings. The van der Waals surface area contributed by atoms with Crippen LogP contribution in [0.2, 0.25) is 0 Å². The number of ether oxygens (including phenoxy) is 9. The number of carbonyl (C=O) groups excluding carboxylic acids is 5. The second kappa shape index (κ2) is 74.9. The van der Waals surface area contributed by atoms with Crippen molar-refractivity contribution in [3.05, 3.63) is 31.3 Å². The molecular formula is C42H81N15O18P2S2. The average molecular weight is 1210 g/mol. The van der Waals surface area contributed by atoms with Crippen LogP contribution in [0.4, 0.5) is 0 Å². The minimum absolute atomic E-state index is 0.134. The fraction of sp³-hybridized carbons (Fsp3) is 0.833. The molecule has 2 saturated carbocycles. The molecule has 79 heavy (non-hydrogen) atoms. The number of amides is 5. The number of carboxylic acids is 2. The summed E-state index contributed by atoms with van der Waals surface area (Å²) in [7, 11) is 1.74. The Labute approximate surface area is 473 Å². The van der Waals surface area contributed by atoms with Gasteiger partial charge in [-0.05, 0) is 53.7 Å². The molecule has 0 radical (unpaired) electrons. The van der Waals surface area contributed by atoms with Crippen LogP contribution >= 0.6 is 14.1 Å². The molecule has 0 atom stereocenters. The van der Waals surface area contributed by atoms with E-state index >= 15 is 0 Å². The van der Waals surface area contributed by atoms with Gasteiger partial charge in [0.25, 0.3) is 0 Å². The molecule has 0 saturated heterocycles. The molecule has 2 aliphatic carbocycles. The molecule has 0 aromatic rings. The Morgan fingerprint density at radius 3 is 0.949 bits per heavy atom. The number of carbonyl (C=O) groups is 7. The first-order chi connectivity index (χ1) is 38.3. The fourth-order valence-electron chi connectivity index (χ4n) is 3.53. The van der Waals surface area contributed by atoms with E-state index in [1.807, 2.05) is 6.92 Å². The summed E-state index contributed by atoms with van der Waals surface area (Å²) >= 11 is 8.82. The van der Waals surface area contributed by atoms with E-state index < -0.39 is 49.4 Å². The molecule has 0 unspecified atom stereocenters. The number of rotatable bonds is 43. The van der Waals surface area contributed by atoms with Crippen molar-refractivity contribution in [1.29, 1.82) is 0 Å². The number of nitrogens with one attached hydrogen (secondary N) is 5. The summed E-state index contributed by atoms with van der Waals surface area (Å²) in [6.07, 6.45) is 9.00.